The van der Waals surface area contributed by atoms with Gasteiger partial charge >= 0.3 is 6.03 Å². The van der Waals surface area contributed by atoms with Crippen LogP contribution in [0.4, 0.5) is 4.79 Å². The summed E-state index contributed by atoms with van der Waals surface area (Å²) in [6.07, 6.45) is 1.04. The summed E-state index contributed by atoms with van der Waals surface area (Å²) in [6, 6.07) is 24.8. The number of aryl methyl sites for hydroxylation is 1. The monoisotopic (exact) mass is 429 g/mol. The van der Waals surface area contributed by atoms with Crippen LogP contribution in [0.25, 0.3) is 0 Å². The number of ether oxygens (including phenoxy) is 1. The zero-order valence-corrected chi connectivity index (χ0v) is 17.6. The van der Waals surface area contributed by atoms with E-state index < -0.39 is 23.4 Å². The van der Waals surface area contributed by atoms with Crippen molar-refractivity contribution < 1.29 is 19.1 Å². The number of nitrogens with zero attached hydrogens (tertiary/aromatic N) is 1. The van der Waals surface area contributed by atoms with Crippen LogP contribution in [-0.2, 0) is 11.2 Å². The van der Waals surface area contributed by atoms with Crippen LogP contribution in [0.15, 0.2) is 84.9 Å². The maximum absolute atomic E-state index is 12.9. The van der Waals surface area contributed by atoms with Gasteiger partial charge in [-0.05, 0) is 61.7 Å². The molecule has 162 valence electrons. The van der Waals surface area contributed by atoms with E-state index in [9.17, 15) is 14.4 Å². The largest absolute Gasteiger partial charge is 0.457 e. The van der Waals surface area contributed by atoms with Crippen molar-refractivity contribution in [3.8, 4) is 11.5 Å². The zero-order chi connectivity index (χ0) is 22.6. The number of amides is 4. The van der Waals surface area contributed by atoms with Crippen molar-refractivity contribution in [2.24, 2.45) is 0 Å². The molecule has 0 unspecified atom stereocenters. The number of carbonyl (C=O) groups excluding carboxylic acids is 3. The summed E-state index contributed by atoms with van der Waals surface area (Å²) in [7, 11) is 0. The van der Waals surface area contributed by atoms with Crippen molar-refractivity contribution in [3.63, 3.8) is 0 Å². The summed E-state index contributed by atoms with van der Waals surface area (Å²) >= 11 is 0. The first kappa shape index (κ1) is 21.1. The first-order chi connectivity index (χ1) is 15.4. The number of nitrogens with one attached hydrogen (secondary N) is 2. The van der Waals surface area contributed by atoms with E-state index in [0.29, 0.717) is 29.9 Å². The van der Waals surface area contributed by atoms with Crippen molar-refractivity contribution in [2.45, 2.75) is 25.3 Å². The average Bonchev–Trinajstić information content (AvgIpc) is 3.03. The molecule has 3 aromatic rings. The maximum Gasteiger partial charge on any atom is 0.344 e. The van der Waals surface area contributed by atoms with E-state index in [4.69, 9.17) is 4.74 Å². The average molecular weight is 429 g/mol. The number of imide groups is 1. The Kier molecular flexibility index (Phi) is 5.89. The van der Waals surface area contributed by atoms with E-state index >= 15 is 0 Å². The van der Waals surface area contributed by atoms with E-state index in [1.165, 1.54) is 0 Å². The minimum Gasteiger partial charge on any atom is -0.457 e. The lowest BCUT2D eigenvalue weighted by Gasteiger charge is -2.21. The van der Waals surface area contributed by atoms with E-state index in [0.717, 1.165) is 10.6 Å². The third-order valence-corrected chi connectivity index (χ3v) is 5.33. The highest BCUT2D eigenvalue weighted by Gasteiger charge is 2.48. The predicted molar refractivity (Wildman–Crippen MR) is 119 cm³/mol. The number of urea groups is 1. The molecule has 0 radical (unpaired) electrons. The highest BCUT2D eigenvalue weighted by molar-refractivity contribution is 6.09. The Morgan fingerprint density at radius 3 is 2.16 bits per heavy atom. The molecule has 0 bridgehead atoms. The summed E-state index contributed by atoms with van der Waals surface area (Å²) in [5, 5.41) is 3.45. The van der Waals surface area contributed by atoms with Crippen molar-refractivity contribution in [1.82, 2.24) is 15.8 Å². The molecular weight excluding hydrogens is 406 g/mol. The second kappa shape index (κ2) is 8.93. The third-order valence-electron chi connectivity index (χ3n) is 5.33. The van der Waals surface area contributed by atoms with Crippen LogP contribution in [-0.4, -0.2) is 28.4 Å². The van der Waals surface area contributed by atoms with Gasteiger partial charge in [0.2, 0.25) is 0 Å². The SMILES string of the molecule is C[C@@]1(CCc2ccccc2)NC(=O)N(NC(=O)c2ccc(Oc3ccccc3)cc2)C1=O. The quantitative estimate of drug-likeness (QED) is 0.555. The number of hydrazine groups is 1. The van der Waals surface area contributed by atoms with E-state index in [-0.39, 0.29) is 0 Å². The fraction of sp³-hybridized carbons (Fsp3) is 0.160. The highest BCUT2D eigenvalue weighted by Crippen LogP contribution is 2.23. The number of para-hydroxylation sites is 1. The molecule has 0 spiro atoms. The molecule has 1 aliphatic rings. The van der Waals surface area contributed by atoms with Crippen molar-refractivity contribution in [3.05, 3.63) is 96.1 Å². The third kappa shape index (κ3) is 4.62. The fourth-order valence-corrected chi connectivity index (χ4v) is 3.46. The lowest BCUT2D eigenvalue weighted by Crippen LogP contribution is -2.48. The molecule has 32 heavy (non-hydrogen) atoms. The van der Waals surface area contributed by atoms with Crippen molar-refractivity contribution in [1.29, 1.82) is 0 Å². The first-order valence-electron chi connectivity index (χ1n) is 10.3. The van der Waals surface area contributed by atoms with Gasteiger partial charge in [0.25, 0.3) is 11.8 Å². The minimum absolute atomic E-state index is 0.295. The van der Waals surface area contributed by atoms with Gasteiger partial charge in [0.15, 0.2) is 0 Å². The normalized spacial score (nSPS) is 17.7. The topological polar surface area (TPSA) is 87.7 Å². The molecule has 4 rings (SSSR count). The van der Waals surface area contributed by atoms with Crippen LogP contribution in [0, 0.1) is 0 Å². The van der Waals surface area contributed by atoms with E-state index in [1.54, 1.807) is 31.2 Å². The Morgan fingerprint density at radius 1 is 0.906 bits per heavy atom. The van der Waals surface area contributed by atoms with Gasteiger partial charge in [-0.25, -0.2) is 4.79 Å². The summed E-state index contributed by atoms with van der Waals surface area (Å²) in [4.78, 5) is 37.9. The lowest BCUT2D eigenvalue weighted by molar-refractivity contribution is -0.132. The van der Waals surface area contributed by atoms with Gasteiger partial charge in [-0.3, -0.25) is 15.0 Å². The Hall–Kier alpha value is -4.13. The number of hydrogen-bond donors (Lipinski definition) is 2. The molecule has 1 saturated heterocycles. The van der Waals surface area contributed by atoms with Crippen LogP contribution in [0.2, 0.25) is 0 Å². The molecule has 1 aliphatic heterocycles. The maximum atomic E-state index is 12.9. The van der Waals surface area contributed by atoms with Gasteiger partial charge in [0.1, 0.15) is 17.0 Å². The van der Waals surface area contributed by atoms with Gasteiger partial charge in [-0.2, -0.15) is 5.01 Å². The Morgan fingerprint density at radius 2 is 1.50 bits per heavy atom. The number of benzene rings is 3. The molecular formula is C25H23N3O4. The number of hydrogen-bond acceptors (Lipinski definition) is 4. The molecule has 2 N–H and O–H groups in total. The van der Waals surface area contributed by atoms with Crippen LogP contribution in [0.1, 0.15) is 29.3 Å². The highest BCUT2D eigenvalue weighted by atomic mass is 16.5. The summed E-state index contributed by atoms with van der Waals surface area (Å²) < 4.78 is 5.71. The molecule has 4 amide bonds. The van der Waals surface area contributed by atoms with Gasteiger partial charge in [0, 0.05) is 5.56 Å². The van der Waals surface area contributed by atoms with Gasteiger partial charge in [-0.15, -0.1) is 0 Å². The summed E-state index contributed by atoms with van der Waals surface area (Å²) in [5.74, 6) is 0.193. The zero-order valence-electron chi connectivity index (χ0n) is 17.6. The molecule has 7 nitrogen and oxygen atoms in total. The Bertz CT molecular complexity index is 1120. The molecule has 0 saturated carbocycles. The molecule has 0 aliphatic carbocycles. The van der Waals surface area contributed by atoms with Crippen LogP contribution in [0.3, 0.4) is 0 Å². The second-order valence-electron chi connectivity index (χ2n) is 7.77. The molecule has 0 aromatic heterocycles. The number of rotatable bonds is 7. The molecule has 1 atom stereocenters. The van der Waals surface area contributed by atoms with E-state index in [2.05, 4.69) is 10.7 Å². The molecule has 1 heterocycles. The van der Waals surface area contributed by atoms with Gasteiger partial charge in [0.05, 0.1) is 0 Å². The first-order valence-corrected chi connectivity index (χ1v) is 10.3. The minimum atomic E-state index is -1.09. The smallest absolute Gasteiger partial charge is 0.344 e. The molecule has 1 fully saturated rings. The van der Waals surface area contributed by atoms with Gasteiger partial charge in [-0.1, -0.05) is 48.5 Å². The van der Waals surface area contributed by atoms with Crippen LogP contribution < -0.4 is 15.5 Å². The Balaban J connectivity index is 1.38. The van der Waals surface area contributed by atoms with E-state index in [1.807, 2.05) is 60.7 Å². The molecule has 7 heteroatoms. The van der Waals surface area contributed by atoms with Gasteiger partial charge < -0.3 is 10.1 Å². The number of carbonyl (C=O) groups is 3. The fourth-order valence-electron chi connectivity index (χ4n) is 3.46. The van der Waals surface area contributed by atoms with Crippen molar-refractivity contribution in [2.75, 3.05) is 0 Å². The van der Waals surface area contributed by atoms with Crippen LogP contribution >= 0.6 is 0 Å². The summed E-state index contributed by atoms with van der Waals surface area (Å²) in [6.45, 7) is 1.66. The second-order valence-corrected chi connectivity index (χ2v) is 7.77. The Labute approximate surface area is 186 Å². The summed E-state index contributed by atoms with van der Waals surface area (Å²) in [5.41, 5.74) is 2.68. The standard InChI is InChI=1S/C25H23N3O4/c1-25(17-16-18-8-4-2-5-9-18)23(30)28(24(31)26-25)27-22(29)19-12-14-21(15-13-19)32-20-10-6-3-7-11-20/h2-15H,16-17H2,1H3,(H,26,31)(H,27,29)/t25-/m0/s1. The van der Waals surface area contributed by atoms with Crippen molar-refractivity contribution >= 4 is 17.8 Å². The molecule has 3 aromatic carbocycles. The lowest BCUT2D eigenvalue weighted by atomic mass is 9.93. The van der Waals surface area contributed by atoms with Crippen LogP contribution in [0.5, 0.6) is 11.5 Å². The predicted octanol–water partition coefficient (Wildman–Crippen LogP) is 4.07.